The summed E-state index contributed by atoms with van der Waals surface area (Å²) in [6.45, 7) is 0.249. The van der Waals surface area contributed by atoms with E-state index in [1.165, 1.54) is 23.4 Å². The largest absolute Gasteiger partial charge is 0.490 e. The molecule has 0 aliphatic carbocycles. The van der Waals surface area contributed by atoms with Gasteiger partial charge in [0.15, 0.2) is 5.82 Å². The van der Waals surface area contributed by atoms with Crippen LogP contribution >= 0.6 is 0 Å². The molecule has 0 spiro atoms. The summed E-state index contributed by atoms with van der Waals surface area (Å²) in [7, 11) is 0. The number of nitrogen functional groups attached to an aromatic ring is 1. The predicted molar refractivity (Wildman–Crippen MR) is 55.6 cm³/mol. The fourth-order valence-corrected chi connectivity index (χ4v) is 1.12. The van der Waals surface area contributed by atoms with Gasteiger partial charge in [-0.05, 0) is 4.92 Å². The molecule has 0 aliphatic rings. The number of nitro groups is 1. The maximum atomic E-state index is 10.4. The smallest absolute Gasteiger partial charge is 0.390 e. The molecule has 2 aromatic rings. The molecule has 2 heterocycles. The van der Waals surface area contributed by atoms with Crippen LogP contribution in [0.2, 0.25) is 0 Å². The Morgan fingerprint density at radius 1 is 1.41 bits per heavy atom. The molecule has 10 nitrogen and oxygen atoms in total. The summed E-state index contributed by atoms with van der Waals surface area (Å²) in [6.07, 6.45) is 4.19. The molecule has 0 atom stereocenters. The zero-order valence-corrected chi connectivity index (χ0v) is 8.52. The molecule has 0 bridgehead atoms. The Morgan fingerprint density at radius 3 is 2.76 bits per heavy atom. The molecule has 0 fully saturated rings. The Hall–Kier alpha value is -2.62. The molecule has 0 saturated heterocycles. The number of aromatic nitrogens is 5. The van der Waals surface area contributed by atoms with Crippen LogP contribution in [0.3, 0.4) is 0 Å². The highest BCUT2D eigenvalue weighted by molar-refractivity contribution is 5.28. The lowest BCUT2D eigenvalue weighted by molar-refractivity contribution is -0.394. The summed E-state index contributed by atoms with van der Waals surface area (Å²) in [5.74, 6) is 5.12. The standard InChI is InChI=1S/C7H8N8O2/c8-12-6-2-9-5(1-10-6)3-14-4-11-7(13-14)15(16)17/h1-2,4H,3,8H2,(H,10,12). The van der Waals surface area contributed by atoms with E-state index in [-0.39, 0.29) is 6.54 Å². The van der Waals surface area contributed by atoms with E-state index < -0.39 is 10.9 Å². The minimum absolute atomic E-state index is 0.249. The van der Waals surface area contributed by atoms with Gasteiger partial charge in [-0.15, -0.1) is 0 Å². The fraction of sp³-hybridized carbons (Fsp3) is 0.143. The minimum Gasteiger partial charge on any atom is -0.390 e. The lowest BCUT2D eigenvalue weighted by atomic mass is 10.4. The second-order valence-corrected chi connectivity index (χ2v) is 3.04. The normalized spacial score (nSPS) is 10.2. The zero-order chi connectivity index (χ0) is 12.3. The van der Waals surface area contributed by atoms with E-state index in [1.54, 1.807) is 0 Å². The van der Waals surface area contributed by atoms with Crippen molar-refractivity contribution in [3.63, 3.8) is 0 Å². The molecular formula is C7H8N8O2. The molecule has 88 valence electrons. The van der Waals surface area contributed by atoms with Gasteiger partial charge in [0.2, 0.25) is 6.33 Å². The van der Waals surface area contributed by atoms with Crippen molar-refractivity contribution in [1.29, 1.82) is 0 Å². The van der Waals surface area contributed by atoms with E-state index in [4.69, 9.17) is 5.84 Å². The lowest BCUT2D eigenvalue weighted by Crippen LogP contribution is -2.10. The number of hydrazine groups is 1. The highest BCUT2D eigenvalue weighted by Gasteiger charge is 2.13. The number of hydrogen-bond acceptors (Lipinski definition) is 8. The summed E-state index contributed by atoms with van der Waals surface area (Å²) in [5, 5.41) is 14.0. The predicted octanol–water partition coefficient (Wildman–Crippen LogP) is -0.690. The summed E-state index contributed by atoms with van der Waals surface area (Å²) in [4.78, 5) is 21.2. The molecule has 17 heavy (non-hydrogen) atoms. The van der Waals surface area contributed by atoms with E-state index in [9.17, 15) is 10.1 Å². The van der Waals surface area contributed by atoms with Crippen LogP contribution in [0.15, 0.2) is 18.7 Å². The van der Waals surface area contributed by atoms with Crippen molar-refractivity contribution in [2.75, 3.05) is 5.43 Å². The first kappa shape index (κ1) is 10.9. The fourth-order valence-electron chi connectivity index (χ4n) is 1.12. The topological polar surface area (TPSA) is 138 Å². The van der Waals surface area contributed by atoms with E-state index in [0.717, 1.165) is 0 Å². The quantitative estimate of drug-likeness (QED) is 0.404. The SMILES string of the molecule is NNc1cnc(Cn2cnc([N+](=O)[O-])n2)cn1. The molecule has 0 aliphatic heterocycles. The van der Waals surface area contributed by atoms with Crippen molar-refractivity contribution in [2.45, 2.75) is 6.54 Å². The van der Waals surface area contributed by atoms with Gasteiger partial charge in [-0.1, -0.05) is 4.98 Å². The Balaban J connectivity index is 2.11. The first-order valence-corrected chi connectivity index (χ1v) is 4.50. The monoisotopic (exact) mass is 236 g/mol. The van der Waals surface area contributed by atoms with Crippen molar-refractivity contribution in [3.8, 4) is 0 Å². The van der Waals surface area contributed by atoms with Crippen LogP contribution in [0.5, 0.6) is 0 Å². The van der Waals surface area contributed by atoms with Crippen LogP contribution in [-0.4, -0.2) is 29.7 Å². The summed E-state index contributed by atoms with van der Waals surface area (Å²) < 4.78 is 1.30. The molecule has 0 saturated carbocycles. The number of nitrogens with one attached hydrogen (secondary N) is 1. The van der Waals surface area contributed by atoms with Crippen LogP contribution in [0, 0.1) is 10.1 Å². The number of nitrogens with two attached hydrogens (primary N) is 1. The van der Waals surface area contributed by atoms with Crippen LogP contribution in [-0.2, 0) is 6.54 Å². The number of rotatable bonds is 4. The molecular weight excluding hydrogens is 228 g/mol. The maximum absolute atomic E-state index is 10.4. The molecule has 0 aromatic carbocycles. The maximum Gasteiger partial charge on any atom is 0.490 e. The first-order valence-electron chi connectivity index (χ1n) is 4.50. The second kappa shape index (κ2) is 4.49. The van der Waals surface area contributed by atoms with E-state index in [0.29, 0.717) is 11.5 Å². The summed E-state index contributed by atoms with van der Waals surface area (Å²) >= 11 is 0. The molecule has 0 radical (unpaired) electrons. The van der Waals surface area contributed by atoms with Crippen LogP contribution < -0.4 is 11.3 Å². The first-order chi connectivity index (χ1) is 8.19. The van der Waals surface area contributed by atoms with E-state index in [1.807, 2.05) is 0 Å². The van der Waals surface area contributed by atoms with Gasteiger partial charge in [0.25, 0.3) is 0 Å². The second-order valence-electron chi connectivity index (χ2n) is 3.04. The van der Waals surface area contributed by atoms with Crippen molar-refractivity contribution < 1.29 is 4.92 Å². The Bertz CT molecular complexity index is 521. The van der Waals surface area contributed by atoms with Gasteiger partial charge in [0.1, 0.15) is 6.54 Å². The Kier molecular flexibility index (Phi) is 2.87. The van der Waals surface area contributed by atoms with Crippen molar-refractivity contribution in [1.82, 2.24) is 24.7 Å². The van der Waals surface area contributed by atoms with E-state index in [2.05, 4.69) is 25.5 Å². The van der Waals surface area contributed by atoms with Gasteiger partial charge in [-0.3, -0.25) is 4.98 Å². The van der Waals surface area contributed by atoms with E-state index >= 15 is 0 Å². The molecule has 2 aromatic heterocycles. The van der Waals surface area contributed by atoms with Gasteiger partial charge in [0.05, 0.1) is 18.1 Å². The third kappa shape index (κ3) is 2.49. The van der Waals surface area contributed by atoms with Gasteiger partial charge in [0, 0.05) is 5.10 Å². The van der Waals surface area contributed by atoms with Gasteiger partial charge in [-0.25, -0.2) is 10.8 Å². The van der Waals surface area contributed by atoms with Gasteiger partial charge in [-0.2, -0.15) is 4.68 Å². The molecule has 2 rings (SSSR count). The average Bonchev–Trinajstić information content (AvgIpc) is 2.79. The number of nitrogens with zero attached hydrogens (tertiary/aromatic N) is 6. The number of anilines is 1. The van der Waals surface area contributed by atoms with Gasteiger partial charge < -0.3 is 15.5 Å². The Labute approximate surface area is 94.6 Å². The molecule has 10 heteroatoms. The molecule has 0 unspecified atom stereocenters. The molecule has 3 N–H and O–H groups in total. The van der Waals surface area contributed by atoms with Gasteiger partial charge >= 0.3 is 5.95 Å². The van der Waals surface area contributed by atoms with Crippen LogP contribution in [0.4, 0.5) is 11.8 Å². The van der Waals surface area contributed by atoms with Crippen LogP contribution in [0.25, 0.3) is 0 Å². The zero-order valence-electron chi connectivity index (χ0n) is 8.52. The molecule has 0 amide bonds. The summed E-state index contributed by atoms with van der Waals surface area (Å²) in [5.41, 5.74) is 2.93. The Morgan fingerprint density at radius 2 is 2.24 bits per heavy atom. The average molecular weight is 236 g/mol. The lowest BCUT2D eigenvalue weighted by Gasteiger charge is -1.99. The van der Waals surface area contributed by atoms with Crippen molar-refractivity contribution in [2.24, 2.45) is 5.84 Å². The minimum atomic E-state index is -0.663. The highest BCUT2D eigenvalue weighted by Crippen LogP contribution is 2.03. The van der Waals surface area contributed by atoms with Crippen LogP contribution in [0.1, 0.15) is 5.69 Å². The summed E-state index contributed by atoms with van der Waals surface area (Å²) in [6, 6.07) is 0. The van der Waals surface area contributed by atoms with Crippen molar-refractivity contribution in [3.05, 3.63) is 34.5 Å². The third-order valence-corrected chi connectivity index (χ3v) is 1.86. The third-order valence-electron chi connectivity index (χ3n) is 1.86. The number of hydrogen-bond donors (Lipinski definition) is 2. The highest BCUT2D eigenvalue weighted by atomic mass is 16.6. The van der Waals surface area contributed by atoms with Crippen molar-refractivity contribution >= 4 is 11.8 Å².